The molecule has 0 atom stereocenters. The number of carbonyl (C=O) groups excluding carboxylic acids is 1. The van der Waals surface area contributed by atoms with Gasteiger partial charge in [0.05, 0.1) is 6.54 Å². The number of hydrogen-bond donors (Lipinski definition) is 1. The third-order valence-corrected chi connectivity index (χ3v) is 3.41. The average Bonchev–Trinajstić information content (AvgIpc) is 2.82. The van der Waals surface area contributed by atoms with Crippen molar-refractivity contribution in [2.45, 2.75) is 38.6 Å². The molecule has 92 valence electrons. The molecule has 1 aromatic rings. The first-order valence-corrected chi connectivity index (χ1v) is 6.19. The summed E-state index contributed by atoms with van der Waals surface area (Å²) in [6.45, 7) is 2.15. The Labute approximate surface area is 101 Å². The van der Waals surface area contributed by atoms with Crippen molar-refractivity contribution in [1.82, 2.24) is 5.32 Å². The Hall–Kier alpha value is -1.22. The number of halogens is 1. The Morgan fingerprint density at radius 3 is 2.82 bits per heavy atom. The molecule has 1 aliphatic carbocycles. The number of ketones is 1. The van der Waals surface area contributed by atoms with E-state index in [1.54, 1.807) is 6.07 Å². The summed E-state index contributed by atoms with van der Waals surface area (Å²) < 4.78 is 13.1. The van der Waals surface area contributed by atoms with Crippen molar-refractivity contribution in [3.05, 3.63) is 35.1 Å². The molecule has 1 N–H and O–H groups in total. The fourth-order valence-corrected chi connectivity index (χ4v) is 2.36. The van der Waals surface area contributed by atoms with Gasteiger partial charge in [-0.15, -0.1) is 0 Å². The first-order valence-electron chi connectivity index (χ1n) is 6.19. The number of hydrogen-bond acceptors (Lipinski definition) is 2. The first-order chi connectivity index (χ1) is 8.16. The van der Waals surface area contributed by atoms with Gasteiger partial charge in [-0.05, 0) is 37.5 Å². The van der Waals surface area contributed by atoms with E-state index in [4.69, 9.17) is 0 Å². The van der Waals surface area contributed by atoms with Crippen LogP contribution in [0.1, 0.15) is 41.6 Å². The molecule has 0 radical (unpaired) electrons. The normalized spacial score (nSPS) is 16.4. The van der Waals surface area contributed by atoms with E-state index in [-0.39, 0.29) is 11.6 Å². The molecule has 0 heterocycles. The number of aryl methyl sites for hydroxylation is 1. The van der Waals surface area contributed by atoms with Crippen molar-refractivity contribution in [3.63, 3.8) is 0 Å². The highest BCUT2D eigenvalue weighted by atomic mass is 19.1. The maximum Gasteiger partial charge on any atom is 0.176 e. The van der Waals surface area contributed by atoms with Gasteiger partial charge in [-0.25, -0.2) is 4.39 Å². The molecule has 1 fully saturated rings. The predicted molar refractivity (Wildman–Crippen MR) is 65.7 cm³/mol. The van der Waals surface area contributed by atoms with Crippen LogP contribution in [0.3, 0.4) is 0 Å². The third-order valence-electron chi connectivity index (χ3n) is 3.41. The summed E-state index contributed by atoms with van der Waals surface area (Å²) in [5.41, 5.74) is 1.33. The molecule has 2 nitrogen and oxygen atoms in total. The molecule has 1 saturated carbocycles. The summed E-state index contributed by atoms with van der Waals surface area (Å²) in [4.78, 5) is 11.9. The lowest BCUT2D eigenvalue weighted by atomic mass is 10.0. The van der Waals surface area contributed by atoms with E-state index < -0.39 is 0 Å². The van der Waals surface area contributed by atoms with Crippen molar-refractivity contribution >= 4 is 5.78 Å². The average molecular weight is 235 g/mol. The number of nitrogens with one attached hydrogen (secondary N) is 1. The molecule has 0 amide bonds. The van der Waals surface area contributed by atoms with Gasteiger partial charge in [-0.2, -0.15) is 0 Å². The van der Waals surface area contributed by atoms with Crippen LogP contribution >= 0.6 is 0 Å². The molecule has 0 saturated heterocycles. The number of carbonyl (C=O) groups is 1. The maximum absolute atomic E-state index is 13.1. The second-order valence-electron chi connectivity index (χ2n) is 4.74. The van der Waals surface area contributed by atoms with Crippen LogP contribution in [0.15, 0.2) is 18.2 Å². The fourth-order valence-electron chi connectivity index (χ4n) is 2.36. The minimum Gasteiger partial charge on any atom is -0.307 e. The van der Waals surface area contributed by atoms with E-state index in [1.165, 1.54) is 25.0 Å². The predicted octanol–water partition coefficient (Wildman–Crippen LogP) is 2.85. The standard InChI is InChI=1S/C14H18FNO/c1-10-6-7-11(15)8-13(10)14(17)9-16-12-4-2-3-5-12/h6-8,12,16H,2-5,9H2,1H3. The van der Waals surface area contributed by atoms with Gasteiger partial charge in [0.2, 0.25) is 0 Å². The minimum absolute atomic E-state index is 0.0195. The smallest absolute Gasteiger partial charge is 0.176 e. The van der Waals surface area contributed by atoms with Crippen LogP contribution in [0.25, 0.3) is 0 Å². The van der Waals surface area contributed by atoms with Crippen LogP contribution in [-0.2, 0) is 0 Å². The highest BCUT2D eigenvalue weighted by Crippen LogP contribution is 2.17. The Balaban J connectivity index is 1.96. The Kier molecular flexibility index (Phi) is 3.89. The van der Waals surface area contributed by atoms with E-state index >= 15 is 0 Å². The second kappa shape index (κ2) is 5.41. The quantitative estimate of drug-likeness (QED) is 0.813. The topological polar surface area (TPSA) is 29.1 Å². The highest BCUT2D eigenvalue weighted by molar-refractivity contribution is 5.98. The molecule has 0 bridgehead atoms. The molecule has 3 heteroatoms. The largest absolute Gasteiger partial charge is 0.307 e. The van der Waals surface area contributed by atoms with Crippen LogP contribution < -0.4 is 5.32 Å². The van der Waals surface area contributed by atoms with E-state index in [0.717, 1.165) is 18.4 Å². The zero-order valence-electron chi connectivity index (χ0n) is 10.1. The second-order valence-corrected chi connectivity index (χ2v) is 4.74. The van der Waals surface area contributed by atoms with Crippen molar-refractivity contribution in [1.29, 1.82) is 0 Å². The summed E-state index contributed by atoms with van der Waals surface area (Å²) in [7, 11) is 0. The van der Waals surface area contributed by atoms with E-state index in [9.17, 15) is 9.18 Å². The molecule has 0 aliphatic heterocycles. The zero-order chi connectivity index (χ0) is 12.3. The van der Waals surface area contributed by atoms with Gasteiger partial charge in [0.1, 0.15) is 5.82 Å². The molecule has 0 spiro atoms. The van der Waals surface area contributed by atoms with Gasteiger partial charge in [0.25, 0.3) is 0 Å². The summed E-state index contributed by atoms with van der Waals surface area (Å²) in [6.07, 6.45) is 4.78. The van der Waals surface area contributed by atoms with Gasteiger partial charge < -0.3 is 5.32 Å². The van der Waals surface area contributed by atoms with Gasteiger partial charge >= 0.3 is 0 Å². The monoisotopic (exact) mass is 235 g/mol. The zero-order valence-corrected chi connectivity index (χ0v) is 10.1. The van der Waals surface area contributed by atoms with Crippen LogP contribution in [0.2, 0.25) is 0 Å². The lowest BCUT2D eigenvalue weighted by molar-refractivity contribution is 0.0986. The minimum atomic E-state index is -0.347. The van der Waals surface area contributed by atoms with Crippen LogP contribution in [0, 0.1) is 12.7 Å². The SMILES string of the molecule is Cc1ccc(F)cc1C(=O)CNC1CCCC1. The summed E-state index contributed by atoms with van der Waals surface area (Å²) in [5, 5.41) is 3.25. The highest BCUT2D eigenvalue weighted by Gasteiger charge is 2.16. The van der Waals surface area contributed by atoms with Gasteiger partial charge in [-0.1, -0.05) is 18.9 Å². The number of Topliss-reactive ketones (excluding diaryl/α,β-unsaturated/α-hetero) is 1. The summed E-state index contributed by atoms with van der Waals surface area (Å²) >= 11 is 0. The number of rotatable bonds is 4. The lowest BCUT2D eigenvalue weighted by Crippen LogP contribution is -2.31. The van der Waals surface area contributed by atoms with Gasteiger partial charge in [-0.3, -0.25) is 4.79 Å². The molecule has 0 aromatic heterocycles. The first kappa shape index (κ1) is 12.2. The number of benzene rings is 1. The lowest BCUT2D eigenvalue weighted by Gasteiger charge is -2.11. The Morgan fingerprint density at radius 1 is 1.41 bits per heavy atom. The molecular formula is C14H18FNO. The van der Waals surface area contributed by atoms with Crippen molar-refractivity contribution < 1.29 is 9.18 Å². The van der Waals surface area contributed by atoms with Crippen LogP contribution in [-0.4, -0.2) is 18.4 Å². The van der Waals surface area contributed by atoms with Crippen LogP contribution in [0.4, 0.5) is 4.39 Å². The Morgan fingerprint density at radius 2 is 2.12 bits per heavy atom. The molecule has 2 rings (SSSR count). The molecule has 0 unspecified atom stereocenters. The fraction of sp³-hybridized carbons (Fsp3) is 0.500. The molecule has 1 aromatic carbocycles. The Bertz CT molecular complexity index is 411. The van der Waals surface area contributed by atoms with Crippen molar-refractivity contribution in [2.24, 2.45) is 0 Å². The van der Waals surface area contributed by atoms with E-state index in [2.05, 4.69) is 5.32 Å². The van der Waals surface area contributed by atoms with Crippen molar-refractivity contribution in [2.75, 3.05) is 6.54 Å². The van der Waals surface area contributed by atoms with E-state index in [1.807, 2.05) is 6.92 Å². The third kappa shape index (κ3) is 3.13. The van der Waals surface area contributed by atoms with Crippen molar-refractivity contribution in [3.8, 4) is 0 Å². The molecular weight excluding hydrogens is 217 g/mol. The molecule has 17 heavy (non-hydrogen) atoms. The van der Waals surface area contributed by atoms with E-state index in [0.29, 0.717) is 18.2 Å². The molecule has 1 aliphatic rings. The summed E-state index contributed by atoms with van der Waals surface area (Å²) in [6, 6.07) is 4.83. The summed E-state index contributed by atoms with van der Waals surface area (Å²) in [5.74, 6) is -0.367. The van der Waals surface area contributed by atoms with Gasteiger partial charge in [0, 0.05) is 11.6 Å². The maximum atomic E-state index is 13.1. The van der Waals surface area contributed by atoms with Gasteiger partial charge in [0.15, 0.2) is 5.78 Å². The van der Waals surface area contributed by atoms with Crippen LogP contribution in [0.5, 0.6) is 0 Å².